The predicted molar refractivity (Wildman–Crippen MR) is 83.9 cm³/mol. The number of β-amino-alcohol motifs (C(OH)–C–C–N with tert-alkyl or cyclic N) is 1. The number of rotatable bonds is 4. The van der Waals surface area contributed by atoms with Gasteiger partial charge in [0.15, 0.2) is 0 Å². The molecule has 1 N–H and O–H groups in total. The van der Waals surface area contributed by atoms with Crippen LogP contribution in [0.1, 0.15) is 30.4 Å². The van der Waals surface area contributed by atoms with Gasteiger partial charge in [-0.25, -0.2) is 4.39 Å². The monoisotopic (exact) mass is 319 g/mol. The van der Waals surface area contributed by atoms with Crippen LogP contribution in [-0.2, 0) is 11.3 Å². The highest BCUT2D eigenvalue weighted by Gasteiger charge is 2.35. The first-order valence-corrected chi connectivity index (χ1v) is 7.67. The van der Waals surface area contributed by atoms with Gasteiger partial charge in [0, 0.05) is 32.7 Å². The molecule has 0 saturated carbocycles. The van der Waals surface area contributed by atoms with Gasteiger partial charge in [-0.05, 0) is 25.5 Å². The number of hydrogen-bond acceptors (Lipinski definition) is 4. The van der Waals surface area contributed by atoms with Gasteiger partial charge in [0.25, 0.3) is 0 Å². The number of likely N-dealkylation sites (tertiary alicyclic amines) is 1. The average molecular weight is 319 g/mol. The fraction of sp³-hybridized carbons (Fsp3) is 0.529. The van der Waals surface area contributed by atoms with Gasteiger partial charge in [-0.1, -0.05) is 12.1 Å². The van der Waals surface area contributed by atoms with Gasteiger partial charge < -0.3 is 10.0 Å². The Morgan fingerprint density at radius 2 is 2.26 bits per heavy atom. The number of nitrogens with zero attached hydrogens (tertiary/aromatic N) is 3. The van der Waals surface area contributed by atoms with E-state index < -0.39 is 11.4 Å². The fourth-order valence-electron chi connectivity index (χ4n) is 2.95. The van der Waals surface area contributed by atoms with Crippen molar-refractivity contribution in [3.8, 4) is 6.07 Å². The fourth-order valence-corrected chi connectivity index (χ4v) is 2.95. The van der Waals surface area contributed by atoms with Crippen molar-refractivity contribution in [2.24, 2.45) is 0 Å². The zero-order valence-corrected chi connectivity index (χ0v) is 13.5. The third-order valence-electron chi connectivity index (χ3n) is 4.21. The Morgan fingerprint density at radius 1 is 1.52 bits per heavy atom. The van der Waals surface area contributed by atoms with Crippen LogP contribution in [0.5, 0.6) is 0 Å². The maximum atomic E-state index is 14.2. The Bertz CT molecular complexity index is 627. The van der Waals surface area contributed by atoms with Gasteiger partial charge in [-0.15, -0.1) is 0 Å². The summed E-state index contributed by atoms with van der Waals surface area (Å²) < 4.78 is 14.2. The lowest BCUT2D eigenvalue weighted by Gasteiger charge is -2.39. The molecule has 6 heteroatoms. The minimum atomic E-state index is -1.08. The number of benzene rings is 1. The van der Waals surface area contributed by atoms with Gasteiger partial charge in [0.2, 0.25) is 5.91 Å². The summed E-state index contributed by atoms with van der Waals surface area (Å²) in [7, 11) is 3.32. The molecule has 1 aromatic rings. The molecule has 5 nitrogen and oxygen atoms in total. The molecule has 1 heterocycles. The molecule has 1 atom stereocenters. The highest BCUT2D eigenvalue weighted by atomic mass is 19.1. The second-order valence-corrected chi connectivity index (χ2v) is 6.39. The standard InChI is InChI=1S/C17H22FN3O2/c1-20(2)15(22)9-17(23)7-4-8-21(12-17)11-14-6-3-5-13(10-19)16(14)18/h3,5-6,23H,4,7-9,11-12H2,1-2H3. The average Bonchev–Trinajstić information content (AvgIpc) is 2.49. The zero-order valence-electron chi connectivity index (χ0n) is 13.5. The van der Waals surface area contributed by atoms with E-state index in [9.17, 15) is 14.3 Å². The maximum Gasteiger partial charge on any atom is 0.224 e. The number of hydrogen-bond donors (Lipinski definition) is 1. The van der Waals surface area contributed by atoms with E-state index >= 15 is 0 Å². The van der Waals surface area contributed by atoms with E-state index in [0.717, 1.165) is 13.0 Å². The van der Waals surface area contributed by atoms with Gasteiger partial charge >= 0.3 is 0 Å². The van der Waals surface area contributed by atoms with Crippen LogP contribution >= 0.6 is 0 Å². The summed E-state index contributed by atoms with van der Waals surface area (Å²) >= 11 is 0. The van der Waals surface area contributed by atoms with Crippen LogP contribution < -0.4 is 0 Å². The van der Waals surface area contributed by atoms with Crippen LogP contribution in [0.4, 0.5) is 4.39 Å². The summed E-state index contributed by atoms with van der Waals surface area (Å²) in [6.07, 6.45) is 1.37. The molecule has 1 aromatic carbocycles. The molecule has 0 aliphatic carbocycles. The molecule has 1 saturated heterocycles. The second-order valence-electron chi connectivity index (χ2n) is 6.39. The summed E-state index contributed by atoms with van der Waals surface area (Å²) in [5.41, 5.74) is -0.618. The molecule has 0 radical (unpaired) electrons. The number of amides is 1. The van der Waals surface area contributed by atoms with Crippen LogP contribution in [0.2, 0.25) is 0 Å². The molecule has 0 spiro atoms. The van der Waals surface area contributed by atoms with Gasteiger partial charge in [0.05, 0.1) is 17.6 Å². The number of carbonyl (C=O) groups excluding carboxylic acids is 1. The molecule has 1 aliphatic heterocycles. The second kappa shape index (κ2) is 7.07. The zero-order chi connectivity index (χ0) is 17.0. The summed E-state index contributed by atoms with van der Waals surface area (Å²) in [5.74, 6) is -0.625. The largest absolute Gasteiger partial charge is 0.388 e. The lowest BCUT2D eigenvalue weighted by atomic mass is 9.89. The molecule has 1 amide bonds. The highest BCUT2D eigenvalue weighted by molar-refractivity contribution is 5.76. The molecule has 23 heavy (non-hydrogen) atoms. The first kappa shape index (κ1) is 17.4. The van der Waals surface area contributed by atoms with E-state index in [1.54, 1.807) is 26.2 Å². The quantitative estimate of drug-likeness (QED) is 0.913. The van der Waals surface area contributed by atoms with Crippen molar-refractivity contribution in [1.82, 2.24) is 9.80 Å². The van der Waals surface area contributed by atoms with Crippen molar-refractivity contribution in [2.75, 3.05) is 27.2 Å². The van der Waals surface area contributed by atoms with Crippen molar-refractivity contribution in [2.45, 2.75) is 31.4 Å². The van der Waals surface area contributed by atoms with E-state index in [1.165, 1.54) is 11.0 Å². The molecular weight excluding hydrogens is 297 g/mol. The van der Waals surface area contributed by atoms with Crippen LogP contribution in [0.15, 0.2) is 18.2 Å². The Balaban J connectivity index is 2.07. The molecule has 124 valence electrons. The van der Waals surface area contributed by atoms with E-state index in [0.29, 0.717) is 25.1 Å². The number of aliphatic hydroxyl groups is 1. The number of nitriles is 1. The first-order valence-electron chi connectivity index (χ1n) is 7.67. The first-order chi connectivity index (χ1) is 10.8. The van der Waals surface area contributed by atoms with Crippen molar-refractivity contribution < 1.29 is 14.3 Å². The maximum absolute atomic E-state index is 14.2. The minimum absolute atomic E-state index is 0.0255. The van der Waals surface area contributed by atoms with E-state index in [-0.39, 0.29) is 17.9 Å². The molecule has 2 rings (SSSR count). The highest BCUT2D eigenvalue weighted by Crippen LogP contribution is 2.27. The summed E-state index contributed by atoms with van der Waals surface area (Å²) in [6, 6.07) is 6.58. The van der Waals surface area contributed by atoms with Crippen molar-refractivity contribution in [3.63, 3.8) is 0 Å². The van der Waals surface area contributed by atoms with Crippen molar-refractivity contribution in [3.05, 3.63) is 35.1 Å². The summed E-state index contributed by atoms with van der Waals surface area (Å²) in [6.45, 7) is 1.37. The van der Waals surface area contributed by atoms with Gasteiger partial charge in [-0.2, -0.15) is 5.26 Å². The van der Waals surface area contributed by atoms with E-state index in [1.807, 2.05) is 11.0 Å². The van der Waals surface area contributed by atoms with Crippen molar-refractivity contribution in [1.29, 1.82) is 5.26 Å². The number of piperidine rings is 1. The Hall–Kier alpha value is -1.97. The van der Waals surface area contributed by atoms with Crippen LogP contribution in [0.25, 0.3) is 0 Å². The Kier molecular flexibility index (Phi) is 5.34. The molecule has 0 bridgehead atoms. The lowest BCUT2D eigenvalue weighted by Crippen LogP contribution is -2.50. The molecule has 1 aliphatic rings. The number of carbonyl (C=O) groups is 1. The third kappa shape index (κ3) is 4.27. The molecule has 1 fully saturated rings. The van der Waals surface area contributed by atoms with E-state index in [4.69, 9.17) is 5.26 Å². The van der Waals surface area contributed by atoms with Crippen LogP contribution in [0, 0.1) is 17.1 Å². The van der Waals surface area contributed by atoms with E-state index in [2.05, 4.69) is 0 Å². The summed E-state index contributed by atoms with van der Waals surface area (Å²) in [5, 5.41) is 19.6. The Morgan fingerprint density at radius 3 is 2.91 bits per heavy atom. The normalized spacial score (nSPS) is 21.7. The van der Waals surface area contributed by atoms with Gasteiger partial charge in [-0.3, -0.25) is 9.69 Å². The summed E-state index contributed by atoms with van der Waals surface area (Å²) in [4.78, 5) is 15.3. The lowest BCUT2D eigenvalue weighted by molar-refractivity contribution is -0.136. The molecular formula is C17H22FN3O2. The molecule has 1 unspecified atom stereocenters. The topological polar surface area (TPSA) is 67.6 Å². The van der Waals surface area contributed by atoms with Gasteiger partial charge in [0.1, 0.15) is 11.9 Å². The Labute approximate surface area is 135 Å². The molecule has 0 aromatic heterocycles. The number of halogens is 1. The van der Waals surface area contributed by atoms with Crippen LogP contribution in [0.3, 0.4) is 0 Å². The smallest absolute Gasteiger partial charge is 0.224 e. The SMILES string of the molecule is CN(C)C(=O)CC1(O)CCCN(Cc2cccc(C#N)c2F)C1. The predicted octanol–water partition coefficient (Wildman–Crippen LogP) is 1.50. The minimum Gasteiger partial charge on any atom is -0.388 e. The van der Waals surface area contributed by atoms with Crippen LogP contribution in [-0.4, -0.2) is 53.6 Å². The van der Waals surface area contributed by atoms with Crippen molar-refractivity contribution >= 4 is 5.91 Å². The third-order valence-corrected chi connectivity index (χ3v) is 4.21.